The van der Waals surface area contributed by atoms with Gasteiger partial charge in [0.1, 0.15) is 5.76 Å². The number of methoxy groups -OCH3 is 1. The summed E-state index contributed by atoms with van der Waals surface area (Å²) in [6.45, 7) is 12.3. The summed E-state index contributed by atoms with van der Waals surface area (Å²) in [5, 5.41) is 0.577. The standard InChI is InChI=1S/C22H31N3O4/c1-5-6-10-29-17(3)18-14-16(2)15-19-20(18)23-22(24-7-12-28-13-8-24)25(21(19)26)9-11-27-4/h14-15H,3,5-13H2,1-2,4H3. The van der Waals surface area contributed by atoms with Gasteiger partial charge in [0.2, 0.25) is 5.95 Å². The van der Waals surface area contributed by atoms with Gasteiger partial charge in [-0.15, -0.1) is 0 Å². The van der Waals surface area contributed by atoms with Gasteiger partial charge in [0, 0.05) is 25.8 Å². The molecule has 0 saturated carbocycles. The van der Waals surface area contributed by atoms with E-state index in [2.05, 4.69) is 18.4 Å². The first-order valence-electron chi connectivity index (χ1n) is 10.3. The number of morpholine rings is 1. The van der Waals surface area contributed by atoms with Crippen LogP contribution in [-0.2, 0) is 20.8 Å². The lowest BCUT2D eigenvalue weighted by Crippen LogP contribution is -2.41. The number of hydrogen-bond acceptors (Lipinski definition) is 6. The van der Waals surface area contributed by atoms with Crippen molar-refractivity contribution in [1.82, 2.24) is 9.55 Å². The first kappa shape index (κ1) is 21.3. The van der Waals surface area contributed by atoms with Gasteiger partial charge < -0.3 is 19.1 Å². The molecule has 158 valence electrons. The highest BCUT2D eigenvalue weighted by molar-refractivity contribution is 5.90. The van der Waals surface area contributed by atoms with Crippen LogP contribution >= 0.6 is 0 Å². The molecule has 3 rings (SSSR count). The number of anilines is 1. The van der Waals surface area contributed by atoms with Crippen LogP contribution in [0.15, 0.2) is 23.5 Å². The lowest BCUT2D eigenvalue weighted by atomic mass is 10.1. The lowest BCUT2D eigenvalue weighted by Gasteiger charge is -2.30. The fraction of sp³-hybridized carbons (Fsp3) is 0.545. The molecule has 7 heteroatoms. The minimum Gasteiger partial charge on any atom is -0.494 e. The molecule has 1 aromatic carbocycles. The Labute approximate surface area is 171 Å². The number of nitrogens with zero attached hydrogens (tertiary/aromatic N) is 3. The van der Waals surface area contributed by atoms with E-state index in [1.165, 1.54) is 0 Å². The molecule has 1 saturated heterocycles. The van der Waals surface area contributed by atoms with Crippen LogP contribution in [0.1, 0.15) is 30.9 Å². The maximum atomic E-state index is 13.4. The van der Waals surface area contributed by atoms with Gasteiger partial charge in [0.15, 0.2) is 0 Å². The van der Waals surface area contributed by atoms with Gasteiger partial charge in [-0.1, -0.05) is 19.9 Å². The molecule has 0 amide bonds. The topological polar surface area (TPSA) is 65.8 Å². The molecule has 0 spiro atoms. The first-order valence-corrected chi connectivity index (χ1v) is 10.3. The number of benzene rings is 1. The second kappa shape index (κ2) is 9.89. The fourth-order valence-corrected chi connectivity index (χ4v) is 3.48. The zero-order chi connectivity index (χ0) is 20.8. The maximum absolute atomic E-state index is 13.4. The van der Waals surface area contributed by atoms with Gasteiger partial charge in [-0.2, -0.15) is 0 Å². The SMILES string of the molecule is C=C(OCCCC)c1cc(C)cc2c(=O)n(CCOC)c(N3CCOCC3)nc12. The smallest absolute Gasteiger partial charge is 0.262 e. The van der Waals surface area contributed by atoms with Crippen molar-refractivity contribution >= 4 is 22.6 Å². The molecule has 1 aliphatic heterocycles. The first-order chi connectivity index (χ1) is 14.1. The highest BCUT2D eigenvalue weighted by atomic mass is 16.5. The number of fused-ring (bicyclic) bond motifs is 1. The summed E-state index contributed by atoms with van der Waals surface area (Å²) >= 11 is 0. The second-order valence-electron chi connectivity index (χ2n) is 7.29. The van der Waals surface area contributed by atoms with Crippen LogP contribution in [0.4, 0.5) is 5.95 Å². The summed E-state index contributed by atoms with van der Waals surface area (Å²) in [4.78, 5) is 20.5. The highest BCUT2D eigenvalue weighted by Gasteiger charge is 2.21. The van der Waals surface area contributed by atoms with E-state index in [1.54, 1.807) is 11.7 Å². The highest BCUT2D eigenvalue weighted by Crippen LogP contribution is 2.26. The number of ether oxygens (including phenoxy) is 3. The Kier molecular flexibility index (Phi) is 7.28. The zero-order valence-corrected chi connectivity index (χ0v) is 17.7. The molecule has 0 atom stereocenters. The molecule has 0 unspecified atom stereocenters. The zero-order valence-electron chi connectivity index (χ0n) is 17.7. The predicted molar refractivity (Wildman–Crippen MR) is 116 cm³/mol. The normalized spacial score (nSPS) is 14.4. The van der Waals surface area contributed by atoms with Gasteiger partial charge in [0.25, 0.3) is 5.56 Å². The van der Waals surface area contributed by atoms with Gasteiger partial charge in [-0.25, -0.2) is 4.98 Å². The number of hydrogen-bond donors (Lipinski definition) is 0. The van der Waals surface area contributed by atoms with Gasteiger partial charge >= 0.3 is 0 Å². The molecule has 7 nitrogen and oxygen atoms in total. The summed E-state index contributed by atoms with van der Waals surface area (Å²) < 4.78 is 18.3. The molecule has 0 N–H and O–H groups in total. The van der Waals surface area contributed by atoms with Crippen molar-refractivity contribution in [3.05, 3.63) is 40.2 Å². The number of rotatable bonds is 9. The van der Waals surface area contributed by atoms with Crippen molar-refractivity contribution in [2.45, 2.75) is 33.2 Å². The van der Waals surface area contributed by atoms with Crippen LogP contribution in [0.5, 0.6) is 0 Å². The Morgan fingerprint density at radius 3 is 2.72 bits per heavy atom. The minimum absolute atomic E-state index is 0.0696. The fourth-order valence-electron chi connectivity index (χ4n) is 3.48. The average molecular weight is 402 g/mol. The Bertz CT molecular complexity index is 916. The van der Waals surface area contributed by atoms with Crippen LogP contribution in [-0.4, -0.2) is 56.2 Å². The van der Waals surface area contributed by atoms with Gasteiger partial charge in [0.05, 0.1) is 43.9 Å². The third-order valence-electron chi connectivity index (χ3n) is 5.07. The molecule has 1 fully saturated rings. The van der Waals surface area contributed by atoms with Crippen molar-refractivity contribution < 1.29 is 14.2 Å². The van der Waals surface area contributed by atoms with Gasteiger partial charge in [-0.3, -0.25) is 9.36 Å². The molecule has 1 aromatic heterocycles. The summed E-state index contributed by atoms with van der Waals surface area (Å²) in [6.07, 6.45) is 2.00. The summed E-state index contributed by atoms with van der Waals surface area (Å²) in [5.41, 5.74) is 2.32. The van der Waals surface area contributed by atoms with E-state index in [0.29, 0.717) is 68.7 Å². The lowest BCUT2D eigenvalue weighted by molar-refractivity contribution is 0.121. The Hall–Kier alpha value is -2.38. The summed E-state index contributed by atoms with van der Waals surface area (Å²) in [7, 11) is 1.63. The molecule has 0 radical (unpaired) electrons. The van der Waals surface area contributed by atoms with E-state index in [-0.39, 0.29) is 5.56 Å². The predicted octanol–water partition coefficient (Wildman–Crippen LogP) is 2.98. The third kappa shape index (κ3) is 4.79. The molecule has 1 aliphatic rings. The molecule has 2 aromatic rings. The molecule has 29 heavy (non-hydrogen) atoms. The summed E-state index contributed by atoms with van der Waals surface area (Å²) in [6, 6.07) is 3.88. The van der Waals surface area contributed by atoms with Crippen molar-refractivity contribution in [2.75, 3.05) is 51.5 Å². The number of aromatic nitrogens is 2. The van der Waals surface area contributed by atoms with E-state index in [4.69, 9.17) is 19.2 Å². The monoisotopic (exact) mass is 401 g/mol. The van der Waals surface area contributed by atoms with Crippen molar-refractivity contribution in [1.29, 1.82) is 0 Å². The summed E-state index contributed by atoms with van der Waals surface area (Å²) in [5.74, 6) is 1.20. The van der Waals surface area contributed by atoms with E-state index in [9.17, 15) is 4.79 Å². The molecule has 0 bridgehead atoms. The minimum atomic E-state index is -0.0696. The quantitative estimate of drug-likeness (QED) is 0.475. The Morgan fingerprint density at radius 2 is 2.03 bits per heavy atom. The number of aryl methyl sites for hydroxylation is 1. The average Bonchev–Trinajstić information content (AvgIpc) is 2.73. The second-order valence-corrected chi connectivity index (χ2v) is 7.29. The van der Waals surface area contributed by atoms with E-state index in [1.807, 2.05) is 19.1 Å². The van der Waals surface area contributed by atoms with Crippen LogP contribution in [0.2, 0.25) is 0 Å². The van der Waals surface area contributed by atoms with Crippen LogP contribution < -0.4 is 10.5 Å². The maximum Gasteiger partial charge on any atom is 0.262 e. The van der Waals surface area contributed by atoms with Crippen LogP contribution in [0.25, 0.3) is 16.7 Å². The van der Waals surface area contributed by atoms with Crippen molar-refractivity contribution in [2.24, 2.45) is 0 Å². The molecular formula is C22H31N3O4. The van der Waals surface area contributed by atoms with E-state index in [0.717, 1.165) is 24.0 Å². The third-order valence-corrected chi connectivity index (χ3v) is 5.07. The molecule has 0 aliphatic carbocycles. The van der Waals surface area contributed by atoms with E-state index >= 15 is 0 Å². The van der Waals surface area contributed by atoms with Crippen LogP contribution in [0.3, 0.4) is 0 Å². The number of unbranched alkanes of at least 4 members (excludes halogenated alkanes) is 1. The van der Waals surface area contributed by atoms with Crippen LogP contribution in [0, 0.1) is 6.92 Å². The van der Waals surface area contributed by atoms with Crippen molar-refractivity contribution in [3.8, 4) is 0 Å². The molecule has 2 heterocycles. The van der Waals surface area contributed by atoms with Crippen molar-refractivity contribution in [3.63, 3.8) is 0 Å². The van der Waals surface area contributed by atoms with E-state index < -0.39 is 0 Å². The Balaban J connectivity index is 2.14. The van der Waals surface area contributed by atoms with Gasteiger partial charge in [-0.05, 0) is 31.0 Å². The largest absolute Gasteiger partial charge is 0.494 e. The molecular weight excluding hydrogens is 370 g/mol. The Morgan fingerprint density at radius 1 is 1.28 bits per heavy atom.